The van der Waals surface area contributed by atoms with Crippen molar-refractivity contribution in [2.24, 2.45) is 0 Å². The molecule has 0 amide bonds. The van der Waals surface area contributed by atoms with Crippen LogP contribution in [0.1, 0.15) is 0 Å². The Labute approximate surface area is 142 Å². The summed E-state index contributed by atoms with van der Waals surface area (Å²) in [6, 6.07) is 2.78. The van der Waals surface area contributed by atoms with Crippen LogP contribution in [0.3, 0.4) is 0 Å². The molecule has 0 radical (unpaired) electrons. The maximum absolute atomic E-state index is 10.2. The Morgan fingerprint density at radius 2 is 1.61 bits per heavy atom. The van der Waals surface area contributed by atoms with Gasteiger partial charge in [-0.3, -0.25) is 4.55 Å². The summed E-state index contributed by atoms with van der Waals surface area (Å²) in [5.41, 5.74) is 0. The maximum Gasteiger partial charge on any atom is 1.00 e. The summed E-state index contributed by atoms with van der Waals surface area (Å²) in [5, 5.41) is 0.756. The van der Waals surface area contributed by atoms with Gasteiger partial charge in [-0.1, -0.05) is 34.8 Å². The molecule has 18 heavy (non-hydrogen) atoms. The molecule has 96 valence electrons. The van der Waals surface area contributed by atoms with Crippen LogP contribution < -0.4 is 34.3 Å². The predicted octanol–water partition coefficient (Wildman–Crippen LogP) is -0.151. The molecule has 0 bridgehead atoms. The molecule has 10 heteroatoms. The summed E-state index contributed by atoms with van der Waals surface area (Å²) in [6.07, 6.45) is 0. The van der Waals surface area contributed by atoms with E-state index in [1.807, 2.05) is 0 Å². The van der Waals surface area contributed by atoms with Crippen LogP contribution in [0.25, 0.3) is 0 Å². The van der Waals surface area contributed by atoms with Crippen molar-refractivity contribution in [2.45, 2.75) is 0 Å². The fourth-order valence-corrected chi connectivity index (χ4v) is 1.78. The number of halogens is 3. The van der Waals surface area contributed by atoms with E-state index in [0.29, 0.717) is 0 Å². The molecule has 0 saturated heterocycles. The Kier molecular flexibility index (Phi) is 8.48. The number of ether oxygens (including phenoxy) is 1. The summed E-state index contributed by atoms with van der Waals surface area (Å²) >= 11 is 17.2. The van der Waals surface area contributed by atoms with Crippen molar-refractivity contribution in [3.05, 3.63) is 27.2 Å². The maximum atomic E-state index is 10.2. The van der Waals surface area contributed by atoms with Gasteiger partial charge in [-0.15, -0.1) is 0 Å². The first kappa shape index (κ1) is 18.8. The van der Waals surface area contributed by atoms with Gasteiger partial charge in [0.2, 0.25) is 0 Å². The molecule has 1 N–H and O–H groups in total. The van der Waals surface area contributed by atoms with Gasteiger partial charge in [-0.25, -0.2) is 4.18 Å². The van der Waals surface area contributed by atoms with Crippen LogP contribution in [0.5, 0.6) is 5.75 Å². The Hall–Kier alpha value is 0.760. The molecule has 0 aliphatic heterocycles. The van der Waals surface area contributed by atoms with Gasteiger partial charge in [-0.2, -0.15) is 8.42 Å². The third kappa shape index (κ3) is 6.79. The van der Waals surface area contributed by atoms with E-state index in [-0.39, 0.29) is 63.6 Å². The number of rotatable bonds is 5. The molecule has 0 aliphatic rings. The van der Waals surface area contributed by atoms with Crippen LogP contribution >= 0.6 is 34.8 Å². The second-order valence-electron chi connectivity index (χ2n) is 2.79. The number of benzene rings is 1. The van der Waals surface area contributed by atoms with Crippen molar-refractivity contribution < 1.29 is 51.4 Å². The van der Waals surface area contributed by atoms with Crippen LogP contribution in [-0.4, -0.2) is 26.2 Å². The average molecular weight is 345 g/mol. The van der Waals surface area contributed by atoms with E-state index in [1.165, 1.54) is 12.1 Å². The minimum Gasteiger partial charge on any atom is -0.490 e. The molecule has 5 nitrogen and oxygen atoms in total. The quantitative estimate of drug-likeness (QED) is 0.348. The topological polar surface area (TPSA) is 72.8 Å². The molecule has 0 saturated carbocycles. The zero-order valence-corrected chi connectivity index (χ0v) is 14.3. The Balaban J connectivity index is 0.00000289. The van der Waals surface area contributed by atoms with Crippen LogP contribution in [0, 0.1) is 0 Å². The van der Waals surface area contributed by atoms with Gasteiger partial charge in [0.25, 0.3) is 0 Å². The molecule has 1 aromatic carbocycles. The monoisotopic (exact) mass is 343 g/mol. The van der Waals surface area contributed by atoms with Crippen molar-refractivity contribution in [3.63, 3.8) is 0 Å². The van der Waals surface area contributed by atoms with E-state index in [2.05, 4.69) is 4.18 Å². The molecule has 1 aromatic rings. The predicted molar refractivity (Wildman–Crippen MR) is 64.5 cm³/mol. The first-order valence-corrected chi connectivity index (χ1v) is 6.68. The normalized spacial score (nSPS) is 10.9. The van der Waals surface area contributed by atoms with Crippen LogP contribution in [0.2, 0.25) is 15.1 Å². The first-order valence-electron chi connectivity index (χ1n) is 4.19. The fraction of sp³-hybridized carbons (Fsp3) is 0.250. The van der Waals surface area contributed by atoms with Gasteiger partial charge in [0, 0.05) is 6.07 Å². The van der Waals surface area contributed by atoms with E-state index in [1.54, 1.807) is 0 Å². The smallest absolute Gasteiger partial charge is 0.490 e. The van der Waals surface area contributed by atoms with E-state index in [0.717, 1.165) is 0 Å². The molecule has 0 heterocycles. The van der Waals surface area contributed by atoms with Gasteiger partial charge in [0.05, 0.1) is 15.1 Å². The summed E-state index contributed by atoms with van der Waals surface area (Å²) in [7, 11) is -4.46. The van der Waals surface area contributed by atoms with Crippen LogP contribution in [0.4, 0.5) is 0 Å². The van der Waals surface area contributed by atoms with Crippen molar-refractivity contribution in [3.8, 4) is 5.75 Å². The molecule has 0 unspecified atom stereocenters. The molecule has 1 rings (SSSR count). The number of hydrogen-bond acceptors (Lipinski definition) is 4. The molecule has 0 fully saturated rings. The Morgan fingerprint density at radius 3 is 2.17 bits per heavy atom. The number of hydrogen-bond donors (Lipinski definition) is 1. The average Bonchev–Trinajstić information content (AvgIpc) is 2.18. The summed E-state index contributed by atoms with van der Waals surface area (Å²) in [4.78, 5) is 0. The van der Waals surface area contributed by atoms with Crippen LogP contribution in [-0.2, 0) is 14.6 Å². The first-order chi connectivity index (χ1) is 7.79. The van der Waals surface area contributed by atoms with Crippen molar-refractivity contribution in [2.75, 3.05) is 13.2 Å². The second kappa shape index (κ2) is 8.14. The SMILES string of the molecule is O=S(=O)(O)OCCOc1cc(Cl)c(Cl)cc1Cl.[Na+]. The second-order valence-corrected chi connectivity index (χ2v) is 5.11. The Morgan fingerprint density at radius 1 is 1.06 bits per heavy atom. The van der Waals surface area contributed by atoms with Crippen molar-refractivity contribution >= 4 is 45.2 Å². The molecule has 0 atom stereocenters. The van der Waals surface area contributed by atoms with Crippen LogP contribution in [0.15, 0.2) is 12.1 Å². The minimum atomic E-state index is -4.46. The third-order valence-corrected chi connectivity index (χ3v) is 3.03. The van der Waals surface area contributed by atoms with Gasteiger partial charge in [0.1, 0.15) is 19.0 Å². The largest absolute Gasteiger partial charge is 1.00 e. The zero-order chi connectivity index (χ0) is 13.1. The standard InChI is InChI=1S/C8H7Cl3O5S.Na/c9-5-3-7(11)8(4-6(5)10)15-1-2-16-17(12,13)14;/h3-4H,1-2H2,(H,12,13,14);/q;+1. The van der Waals surface area contributed by atoms with E-state index >= 15 is 0 Å². The molecular formula is C8H7Cl3NaO5S+. The van der Waals surface area contributed by atoms with E-state index in [4.69, 9.17) is 44.1 Å². The van der Waals surface area contributed by atoms with Crippen molar-refractivity contribution in [1.82, 2.24) is 0 Å². The van der Waals surface area contributed by atoms with E-state index < -0.39 is 10.4 Å². The minimum absolute atomic E-state index is 0. The van der Waals surface area contributed by atoms with Gasteiger partial charge in [0.15, 0.2) is 0 Å². The molecule has 0 aromatic heterocycles. The Bertz CT molecular complexity index is 508. The van der Waals surface area contributed by atoms with Crippen molar-refractivity contribution in [1.29, 1.82) is 0 Å². The van der Waals surface area contributed by atoms with Gasteiger partial charge in [-0.05, 0) is 6.07 Å². The summed E-state index contributed by atoms with van der Waals surface area (Å²) in [6.45, 7) is -0.479. The summed E-state index contributed by atoms with van der Waals surface area (Å²) < 4.78 is 37.9. The fourth-order valence-electron chi connectivity index (χ4n) is 0.906. The third-order valence-electron chi connectivity index (χ3n) is 1.55. The summed E-state index contributed by atoms with van der Waals surface area (Å²) in [5.74, 6) is 0.236. The van der Waals surface area contributed by atoms with Gasteiger partial charge >= 0.3 is 40.0 Å². The zero-order valence-electron chi connectivity index (χ0n) is 9.19. The molecule has 0 spiro atoms. The molecular weight excluding hydrogens is 337 g/mol. The van der Waals surface area contributed by atoms with Gasteiger partial charge < -0.3 is 4.74 Å². The van der Waals surface area contributed by atoms with E-state index in [9.17, 15) is 8.42 Å². The molecule has 0 aliphatic carbocycles.